The number of hydrogen-bond donors (Lipinski definition) is 2. The molecule has 0 aromatic carbocycles. The lowest BCUT2D eigenvalue weighted by molar-refractivity contribution is 0.0622. The van der Waals surface area contributed by atoms with Crippen LogP contribution in [0, 0.1) is 11.7 Å². The second-order valence-electron chi connectivity index (χ2n) is 4.71. The van der Waals surface area contributed by atoms with E-state index in [-0.39, 0.29) is 17.4 Å². The zero-order valence-corrected chi connectivity index (χ0v) is 10.7. The Morgan fingerprint density at radius 1 is 1.58 bits per heavy atom. The van der Waals surface area contributed by atoms with Gasteiger partial charge in [0.2, 0.25) is 0 Å². The number of aromatic carboxylic acids is 1. The normalized spacial score (nSPS) is 18.0. The van der Waals surface area contributed by atoms with Crippen molar-refractivity contribution in [2.24, 2.45) is 5.92 Å². The van der Waals surface area contributed by atoms with Crippen molar-refractivity contribution < 1.29 is 19.0 Å². The number of hydrogen-bond acceptors (Lipinski definition) is 4. The number of rotatable bonds is 4. The maximum atomic E-state index is 13.9. The Morgan fingerprint density at radius 3 is 2.89 bits per heavy atom. The number of nitrogens with zero attached hydrogens (tertiary/aromatic N) is 1. The first kappa shape index (κ1) is 13.7. The van der Waals surface area contributed by atoms with Gasteiger partial charge in [-0.25, -0.2) is 14.2 Å². The van der Waals surface area contributed by atoms with E-state index in [1.807, 2.05) is 6.92 Å². The minimum absolute atomic E-state index is 0.00103. The van der Waals surface area contributed by atoms with Crippen molar-refractivity contribution >= 4 is 11.8 Å². The molecule has 6 heteroatoms. The minimum Gasteiger partial charge on any atom is -0.478 e. The summed E-state index contributed by atoms with van der Waals surface area (Å²) in [6, 6.07) is 1.18. The predicted octanol–water partition coefficient (Wildman–Crippen LogP) is 2.15. The van der Waals surface area contributed by atoms with Crippen molar-refractivity contribution in [1.29, 1.82) is 0 Å². The van der Waals surface area contributed by atoms with Gasteiger partial charge in [0.15, 0.2) is 11.6 Å². The maximum Gasteiger partial charge on any atom is 0.338 e. The Balaban J connectivity index is 2.10. The average Bonchev–Trinajstić information content (AvgIpc) is 2.41. The molecule has 1 aromatic heterocycles. The molecular formula is C13H17FN2O3. The molecule has 0 bridgehead atoms. The summed E-state index contributed by atoms with van der Waals surface area (Å²) in [6.45, 7) is 3.37. The topological polar surface area (TPSA) is 71.5 Å². The van der Waals surface area contributed by atoms with Gasteiger partial charge in [0.05, 0.1) is 0 Å². The molecule has 104 valence electrons. The Morgan fingerprint density at radius 2 is 2.26 bits per heavy atom. The SMILES string of the molecule is CC(Nc1nccc(C(=O)O)c1F)C1CCOCC1. The van der Waals surface area contributed by atoms with Crippen molar-refractivity contribution in [2.45, 2.75) is 25.8 Å². The molecule has 0 amide bonds. The zero-order valence-electron chi connectivity index (χ0n) is 10.7. The lowest BCUT2D eigenvalue weighted by Crippen LogP contribution is -2.31. The second-order valence-corrected chi connectivity index (χ2v) is 4.71. The number of carboxylic acids is 1. The van der Waals surface area contributed by atoms with Gasteiger partial charge in [-0.1, -0.05) is 0 Å². The highest BCUT2D eigenvalue weighted by Crippen LogP contribution is 2.23. The van der Waals surface area contributed by atoms with E-state index >= 15 is 0 Å². The fourth-order valence-electron chi connectivity index (χ4n) is 2.26. The highest BCUT2D eigenvalue weighted by Gasteiger charge is 2.23. The minimum atomic E-state index is -1.29. The highest BCUT2D eigenvalue weighted by molar-refractivity contribution is 5.88. The number of carboxylic acid groups (broad SMARTS) is 1. The molecule has 1 atom stereocenters. The van der Waals surface area contributed by atoms with E-state index in [1.165, 1.54) is 6.20 Å². The molecule has 1 saturated heterocycles. The van der Waals surface area contributed by atoms with E-state index in [0.29, 0.717) is 19.1 Å². The van der Waals surface area contributed by atoms with Crippen molar-refractivity contribution in [3.8, 4) is 0 Å². The van der Waals surface area contributed by atoms with Gasteiger partial charge in [0, 0.05) is 25.5 Å². The molecule has 0 radical (unpaired) electrons. The van der Waals surface area contributed by atoms with Crippen LogP contribution in [-0.2, 0) is 4.74 Å². The third-order valence-electron chi connectivity index (χ3n) is 3.46. The van der Waals surface area contributed by atoms with Crippen molar-refractivity contribution in [3.05, 3.63) is 23.6 Å². The Hall–Kier alpha value is -1.69. The van der Waals surface area contributed by atoms with E-state index in [0.717, 1.165) is 18.9 Å². The number of anilines is 1. The fourth-order valence-corrected chi connectivity index (χ4v) is 2.26. The van der Waals surface area contributed by atoms with Gasteiger partial charge >= 0.3 is 5.97 Å². The van der Waals surface area contributed by atoms with Crippen LogP contribution in [0.2, 0.25) is 0 Å². The van der Waals surface area contributed by atoms with E-state index < -0.39 is 11.8 Å². The second kappa shape index (κ2) is 5.97. The summed E-state index contributed by atoms with van der Waals surface area (Å²) in [5, 5.41) is 11.8. The zero-order chi connectivity index (χ0) is 13.8. The molecule has 1 aliphatic rings. The molecule has 1 aromatic rings. The quantitative estimate of drug-likeness (QED) is 0.875. The van der Waals surface area contributed by atoms with Crippen LogP contribution in [0.5, 0.6) is 0 Å². The lowest BCUT2D eigenvalue weighted by Gasteiger charge is -2.28. The van der Waals surface area contributed by atoms with Crippen LogP contribution >= 0.6 is 0 Å². The largest absolute Gasteiger partial charge is 0.478 e. The van der Waals surface area contributed by atoms with Crippen LogP contribution in [0.3, 0.4) is 0 Å². The fraction of sp³-hybridized carbons (Fsp3) is 0.538. The third kappa shape index (κ3) is 3.20. The number of ether oxygens (including phenoxy) is 1. The molecule has 0 spiro atoms. The van der Waals surface area contributed by atoms with Crippen molar-refractivity contribution in [1.82, 2.24) is 4.98 Å². The van der Waals surface area contributed by atoms with Crippen LogP contribution < -0.4 is 5.32 Å². The number of aromatic nitrogens is 1. The van der Waals surface area contributed by atoms with E-state index in [4.69, 9.17) is 9.84 Å². The van der Waals surface area contributed by atoms with Gasteiger partial charge < -0.3 is 15.2 Å². The molecule has 19 heavy (non-hydrogen) atoms. The molecule has 2 rings (SSSR count). The van der Waals surface area contributed by atoms with Gasteiger partial charge in [0.1, 0.15) is 5.56 Å². The number of halogens is 1. The first-order valence-corrected chi connectivity index (χ1v) is 6.31. The predicted molar refractivity (Wildman–Crippen MR) is 67.8 cm³/mol. The maximum absolute atomic E-state index is 13.9. The molecule has 1 unspecified atom stereocenters. The summed E-state index contributed by atoms with van der Waals surface area (Å²) >= 11 is 0. The lowest BCUT2D eigenvalue weighted by atomic mass is 9.93. The Kier molecular flexibility index (Phi) is 4.31. The standard InChI is InChI=1S/C13H17FN2O3/c1-8(9-3-6-19-7-4-9)16-12-11(14)10(13(17)18)2-5-15-12/h2,5,8-9H,3-4,6-7H2,1H3,(H,15,16)(H,17,18). The van der Waals surface area contributed by atoms with Crippen molar-refractivity contribution in [2.75, 3.05) is 18.5 Å². The summed E-state index contributed by atoms with van der Waals surface area (Å²) in [5.74, 6) is -1.72. The van der Waals surface area contributed by atoms with Crippen LogP contribution in [0.25, 0.3) is 0 Å². The van der Waals surface area contributed by atoms with Crippen LogP contribution in [-0.4, -0.2) is 35.3 Å². The van der Waals surface area contributed by atoms with Crippen LogP contribution in [0.1, 0.15) is 30.1 Å². The van der Waals surface area contributed by atoms with E-state index in [2.05, 4.69) is 10.3 Å². The van der Waals surface area contributed by atoms with E-state index in [9.17, 15) is 9.18 Å². The van der Waals surface area contributed by atoms with Gasteiger partial charge in [-0.05, 0) is 31.7 Å². The number of nitrogens with one attached hydrogen (secondary N) is 1. The van der Waals surface area contributed by atoms with Gasteiger partial charge in [0.25, 0.3) is 0 Å². The van der Waals surface area contributed by atoms with Crippen LogP contribution in [0.15, 0.2) is 12.3 Å². The smallest absolute Gasteiger partial charge is 0.338 e. The molecule has 5 nitrogen and oxygen atoms in total. The number of pyridine rings is 1. The first-order chi connectivity index (χ1) is 9.09. The summed E-state index contributed by atoms with van der Waals surface area (Å²) in [7, 11) is 0. The monoisotopic (exact) mass is 268 g/mol. The first-order valence-electron chi connectivity index (χ1n) is 6.31. The summed E-state index contributed by atoms with van der Waals surface area (Å²) in [5.41, 5.74) is -0.364. The van der Waals surface area contributed by atoms with Crippen LogP contribution in [0.4, 0.5) is 10.2 Å². The molecule has 0 aliphatic carbocycles. The third-order valence-corrected chi connectivity index (χ3v) is 3.46. The molecule has 1 fully saturated rings. The van der Waals surface area contributed by atoms with Crippen molar-refractivity contribution in [3.63, 3.8) is 0 Å². The highest BCUT2D eigenvalue weighted by atomic mass is 19.1. The molecular weight excluding hydrogens is 251 g/mol. The Bertz CT molecular complexity index is 461. The molecule has 1 aliphatic heterocycles. The summed E-state index contributed by atoms with van der Waals surface area (Å²) in [4.78, 5) is 14.7. The molecule has 2 N–H and O–H groups in total. The molecule has 2 heterocycles. The van der Waals surface area contributed by atoms with E-state index in [1.54, 1.807) is 0 Å². The number of carbonyl (C=O) groups is 1. The van der Waals surface area contributed by atoms with Gasteiger partial charge in [-0.15, -0.1) is 0 Å². The summed E-state index contributed by atoms with van der Waals surface area (Å²) in [6.07, 6.45) is 3.12. The Labute approximate surface area is 110 Å². The molecule has 0 saturated carbocycles. The van der Waals surface area contributed by atoms with Gasteiger partial charge in [-0.2, -0.15) is 0 Å². The summed E-state index contributed by atoms with van der Waals surface area (Å²) < 4.78 is 19.2. The van der Waals surface area contributed by atoms with Gasteiger partial charge in [-0.3, -0.25) is 0 Å². The average molecular weight is 268 g/mol.